The smallest absolute Gasteiger partial charge is 0.317 e. The van der Waals surface area contributed by atoms with E-state index in [1.165, 1.54) is 6.92 Å². The molecule has 0 radical (unpaired) electrons. The molecule has 1 aliphatic rings. The van der Waals surface area contributed by atoms with E-state index in [0.717, 1.165) is 10.8 Å². The van der Waals surface area contributed by atoms with E-state index in [-0.39, 0.29) is 5.56 Å². The number of hydrogen-bond donors (Lipinski definition) is 3. The number of hydrogen-bond acceptors (Lipinski definition) is 5. The molecule has 0 spiro atoms. The van der Waals surface area contributed by atoms with Gasteiger partial charge in [0.05, 0.1) is 0 Å². The lowest BCUT2D eigenvalue weighted by Crippen LogP contribution is -2.37. The minimum atomic E-state index is -5.01. The van der Waals surface area contributed by atoms with E-state index in [1.54, 1.807) is 0 Å². The van der Waals surface area contributed by atoms with E-state index >= 15 is 0 Å². The number of rotatable bonds is 4. The Hall–Kier alpha value is -1.39. The Balaban J connectivity index is 2.24. The van der Waals surface area contributed by atoms with E-state index in [4.69, 9.17) is 14.5 Å². The fraction of sp³-hybridized carbons (Fsp3) is 0.600. The topological polar surface area (TPSA) is 131 Å². The fourth-order valence-electron chi connectivity index (χ4n) is 1.97. The van der Waals surface area contributed by atoms with Crippen LogP contribution in [0.3, 0.4) is 0 Å². The van der Waals surface area contributed by atoms with Gasteiger partial charge >= 0.3 is 13.5 Å². The average molecular weight is 342 g/mol. The SMILES string of the molecule is Cc1cn([C@H]2C[C@H](F)[C@@](F)(COP(=O)(O)O)O2)c(=O)[nH]c1=O. The molecule has 9 nitrogen and oxygen atoms in total. The summed E-state index contributed by atoms with van der Waals surface area (Å²) >= 11 is 0. The van der Waals surface area contributed by atoms with Crippen LogP contribution in [0.15, 0.2) is 15.8 Å². The molecule has 1 aliphatic heterocycles. The van der Waals surface area contributed by atoms with Crippen LogP contribution in [-0.2, 0) is 13.8 Å². The number of ether oxygens (including phenoxy) is 1. The first-order valence-electron chi connectivity index (χ1n) is 6.05. The third-order valence-corrected chi connectivity index (χ3v) is 3.56. The number of phosphoric acid groups is 1. The van der Waals surface area contributed by atoms with Crippen molar-refractivity contribution < 1.29 is 32.4 Å². The largest absolute Gasteiger partial charge is 0.469 e. The second-order valence-electron chi connectivity index (χ2n) is 4.80. The monoisotopic (exact) mass is 342 g/mol. The first kappa shape index (κ1) is 17.0. The summed E-state index contributed by atoms with van der Waals surface area (Å²) in [6.07, 6.45) is -3.17. The number of phosphoric ester groups is 1. The quantitative estimate of drug-likeness (QED) is 0.650. The Kier molecular flexibility index (Phi) is 4.37. The second-order valence-corrected chi connectivity index (χ2v) is 6.04. The van der Waals surface area contributed by atoms with Crippen molar-refractivity contribution in [3.05, 3.63) is 32.6 Å². The maximum atomic E-state index is 14.2. The lowest BCUT2D eigenvalue weighted by Gasteiger charge is -2.22. The molecule has 0 unspecified atom stereocenters. The number of aryl methyl sites for hydroxylation is 1. The van der Waals surface area contributed by atoms with Crippen molar-refractivity contribution >= 4 is 7.82 Å². The van der Waals surface area contributed by atoms with Crippen LogP contribution in [-0.4, -0.2) is 38.0 Å². The van der Waals surface area contributed by atoms with E-state index in [9.17, 15) is 22.9 Å². The van der Waals surface area contributed by atoms with E-state index in [0.29, 0.717) is 0 Å². The third kappa shape index (κ3) is 3.50. The van der Waals surface area contributed by atoms with Gasteiger partial charge in [0.2, 0.25) is 0 Å². The minimum Gasteiger partial charge on any atom is -0.317 e. The van der Waals surface area contributed by atoms with E-state index < -0.39 is 50.4 Å². The Morgan fingerprint density at radius 3 is 2.82 bits per heavy atom. The molecule has 3 atom stereocenters. The van der Waals surface area contributed by atoms with Crippen LogP contribution in [0, 0.1) is 6.92 Å². The highest BCUT2D eigenvalue weighted by Crippen LogP contribution is 2.44. The summed E-state index contributed by atoms with van der Waals surface area (Å²) in [5, 5.41) is 0. The van der Waals surface area contributed by atoms with Gasteiger partial charge in [0, 0.05) is 18.2 Å². The molecule has 0 saturated carbocycles. The number of H-pyrrole nitrogens is 1. The van der Waals surface area contributed by atoms with Crippen molar-refractivity contribution in [2.45, 2.75) is 31.6 Å². The number of aromatic nitrogens is 2. The lowest BCUT2D eigenvalue weighted by atomic mass is 10.2. The number of halogens is 2. The van der Waals surface area contributed by atoms with Gasteiger partial charge in [-0.1, -0.05) is 0 Å². The van der Waals surface area contributed by atoms with Crippen molar-refractivity contribution in [3.8, 4) is 0 Å². The van der Waals surface area contributed by atoms with Crippen LogP contribution in [0.1, 0.15) is 18.2 Å². The molecule has 1 saturated heterocycles. The standard InChI is InChI=1S/C10H13F2N2O7P/c1-5-3-14(9(16)13-8(5)15)7-2-6(11)10(12,21-7)4-20-22(17,18)19/h3,6-7H,2,4H2,1H3,(H,13,15,16)(H2,17,18,19)/t6-,7+,10+/m0/s1. The predicted octanol–water partition coefficient (Wildman–Crippen LogP) is -0.123. The van der Waals surface area contributed by atoms with Gasteiger partial charge in [-0.25, -0.2) is 18.1 Å². The van der Waals surface area contributed by atoms with Crippen LogP contribution < -0.4 is 11.2 Å². The van der Waals surface area contributed by atoms with Gasteiger partial charge in [-0.3, -0.25) is 18.9 Å². The highest BCUT2D eigenvalue weighted by Gasteiger charge is 2.52. The maximum absolute atomic E-state index is 14.2. The number of aromatic amines is 1. The Bertz CT molecular complexity index is 729. The number of alkyl halides is 2. The zero-order valence-corrected chi connectivity index (χ0v) is 12.1. The second kappa shape index (κ2) is 5.67. The summed E-state index contributed by atoms with van der Waals surface area (Å²) < 4.78 is 48.0. The molecule has 3 N–H and O–H groups in total. The molecule has 2 rings (SSSR count). The normalized spacial score (nSPS) is 29.0. The van der Waals surface area contributed by atoms with Gasteiger partial charge in [-0.15, -0.1) is 0 Å². The molecule has 124 valence electrons. The molecule has 1 aromatic rings. The van der Waals surface area contributed by atoms with Crippen molar-refractivity contribution in [1.29, 1.82) is 0 Å². The summed E-state index contributed by atoms with van der Waals surface area (Å²) in [6, 6.07) is 0. The van der Waals surface area contributed by atoms with Crippen LogP contribution in [0.5, 0.6) is 0 Å². The average Bonchev–Trinajstić information content (AvgIpc) is 2.68. The number of nitrogens with one attached hydrogen (secondary N) is 1. The summed E-state index contributed by atoms with van der Waals surface area (Å²) in [7, 11) is -5.01. The van der Waals surface area contributed by atoms with Gasteiger partial charge in [0.1, 0.15) is 12.8 Å². The molecule has 0 amide bonds. The molecule has 12 heteroatoms. The Labute approximate surface area is 121 Å². The van der Waals surface area contributed by atoms with Gasteiger partial charge in [0.25, 0.3) is 11.4 Å². The maximum Gasteiger partial charge on any atom is 0.469 e. The fourth-order valence-corrected chi connectivity index (χ4v) is 2.31. The highest BCUT2D eigenvalue weighted by atomic mass is 31.2. The van der Waals surface area contributed by atoms with Crippen molar-refractivity contribution in [3.63, 3.8) is 0 Å². The van der Waals surface area contributed by atoms with Gasteiger partial charge in [0.15, 0.2) is 6.17 Å². The zero-order chi connectivity index (χ0) is 16.7. The predicted molar refractivity (Wildman–Crippen MR) is 67.5 cm³/mol. The van der Waals surface area contributed by atoms with Crippen LogP contribution in [0.2, 0.25) is 0 Å². The summed E-state index contributed by atoms with van der Waals surface area (Å²) in [5.74, 6) is -3.12. The summed E-state index contributed by atoms with van der Waals surface area (Å²) in [5.41, 5.74) is -1.44. The Morgan fingerprint density at radius 1 is 1.59 bits per heavy atom. The molecular formula is C10H13F2N2O7P. The lowest BCUT2D eigenvalue weighted by molar-refractivity contribution is -0.193. The molecule has 1 aromatic heterocycles. The van der Waals surface area contributed by atoms with Gasteiger partial charge in [-0.05, 0) is 6.92 Å². The summed E-state index contributed by atoms with van der Waals surface area (Å²) in [6.45, 7) is 0.0439. The minimum absolute atomic E-state index is 0.126. The molecule has 0 bridgehead atoms. The first-order valence-corrected chi connectivity index (χ1v) is 7.58. The van der Waals surface area contributed by atoms with E-state index in [2.05, 4.69) is 4.52 Å². The van der Waals surface area contributed by atoms with Crippen LogP contribution in [0.25, 0.3) is 0 Å². The van der Waals surface area contributed by atoms with Crippen LogP contribution in [0.4, 0.5) is 8.78 Å². The molecular weight excluding hydrogens is 329 g/mol. The van der Waals surface area contributed by atoms with Gasteiger partial charge in [-0.2, -0.15) is 0 Å². The van der Waals surface area contributed by atoms with E-state index in [1.807, 2.05) is 4.98 Å². The van der Waals surface area contributed by atoms with Crippen molar-refractivity contribution in [1.82, 2.24) is 9.55 Å². The number of nitrogens with zero attached hydrogens (tertiary/aromatic N) is 1. The molecule has 22 heavy (non-hydrogen) atoms. The molecule has 0 aromatic carbocycles. The summed E-state index contributed by atoms with van der Waals surface area (Å²) in [4.78, 5) is 41.9. The molecule has 0 aliphatic carbocycles. The van der Waals surface area contributed by atoms with Crippen molar-refractivity contribution in [2.24, 2.45) is 0 Å². The Morgan fingerprint density at radius 2 is 2.23 bits per heavy atom. The highest BCUT2D eigenvalue weighted by molar-refractivity contribution is 7.46. The van der Waals surface area contributed by atoms with Gasteiger partial charge < -0.3 is 14.5 Å². The molecule has 2 heterocycles. The zero-order valence-electron chi connectivity index (χ0n) is 11.2. The van der Waals surface area contributed by atoms with Crippen molar-refractivity contribution in [2.75, 3.05) is 6.61 Å². The third-order valence-electron chi connectivity index (χ3n) is 3.09. The first-order chi connectivity index (χ1) is 10.0. The van der Waals surface area contributed by atoms with Crippen LogP contribution >= 0.6 is 7.82 Å². The molecule has 1 fully saturated rings.